The van der Waals surface area contributed by atoms with E-state index in [0.29, 0.717) is 16.6 Å². The van der Waals surface area contributed by atoms with Crippen molar-refractivity contribution in [2.24, 2.45) is 7.05 Å². The number of rotatable bonds is 5. The van der Waals surface area contributed by atoms with Gasteiger partial charge in [-0.1, -0.05) is 18.2 Å². The Kier molecular flexibility index (Phi) is 4.64. The molecule has 1 heterocycles. The molecule has 1 amide bonds. The van der Waals surface area contributed by atoms with E-state index in [9.17, 15) is 19.7 Å². The van der Waals surface area contributed by atoms with Crippen LogP contribution in [0.15, 0.2) is 42.5 Å². The van der Waals surface area contributed by atoms with Crippen molar-refractivity contribution in [3.63, 3.8) is 0 Å². The first kappa shape index (κ1) is 18.1. The lowest BCUT2D eigenvalue weighted by Gasteiger charge is -2.09. The van der Waals surface area contributed by atoms with Crippen LogP contribution in [0.2, 0.25) is 0 Å². The fraction of sp³-hybridized carbons (Fsp3) is 0.158. The van der Waals surface area contributed by atoms with Gasteiger partial charge in [-0.2, -0.15) is 0 Å². The quantitative estimate of drug-likeness (QED) is 0.323. The van der Waals surface area contributed by atoms with Crippen molar-refractivity contribution in [2.75, 3.05) is 12.4 Å². The molecule has 2 aromatic carbocycles. The lowest BCUT2D eigenvalue weighted by molar-refractivity contribution is -0.384. The molecule has 3 aromatic rings. The lowest BCUT2D eigenvalue weighted by Crippen LogP contribution is -2.23. The lowest BCUT2D eigenvalue weighted by atomic mass is 10.1. The first-order chi connectivity index (χ1) is 12.8. The van der Waals surface area contributed by atoms with E-state index in [1.54, 1.807) is 19.1 Å². The summed E-state index contributed by atoms with van der Waals surface area (Å²) < 4.78 is 6.94. The van der Waals surface area contributed by atoms with E-state index in [1.165, 1.54) is 25.3 Å². The fourth-order valence-corrected chi connectivity index (χ4v) is 3.00. The maximum atomic E-state index is 12.8. The summed E-state index contributed by atoms with van der Waals surface area (Å²) in [5, 5.41) is 14.0. The number of hydrogen-bond acceptors (Lipinski definition) is 5. The van der Waals surface area contributed by atoms with Gasteiger partial charge in [0, 0.05) is 29.7 Å². The number of amides is 1. The maximum absolute atomic E-state index is 12.8. The number of non-ortho nitro benzene ring substituents is 1. The third kappa shape index (κ3) is 3.12. The van der Waals surface area contributed by atoms with Crippen molar-refractivity contribution < 1.29 is 19.2 Å². The highest BCUT2D eigenvalue weighted by atomic mass is 16.6. The van der Waals surface area contributed by atoms with Crippen LogP contribution >= 0.6 is 0 Å². The number of fused-ring (bicyclic) bond motifs is 1. The number of carbonyl (C=O) groups excluding carboxylic acids is 2. The molecule has 1 N–H and O–H groups in total. The van der Waals surface area contributed by atoms with E-state index in [1.807, 2.05) is 23.7 Å². The second-order valence-corrected chi connectivity index (χ2v) is 5.96. The second-order valence-electron chi connectivity index (χ2n) is 5.96. The van der Waals surface area contributed by atoms with Crippen molar-refractivity contribution in [3.05, 3.63) is 63.8 Å². The largest absolute Gasteiger partial charge is 0.494 e. The molecule has 3 rings (SSSR count). The zero-order chi connectivity index (χ0) is 19.7. The molecule has 0 aliphatic rings. The number of carbonyl (C=O) groups is 2. The highest BCUT2D eigenvalue weighted by molar-refractivity contribution is 6.48. The minimum atomic E-state index is -0.846. The topological polar surface area (TPSA) is 103 Å². The maximum Gasteiger partial charge on any atom is 0.296 e. The Balaban J connectivity index is 1.95. The molecule has 0 radical (unpaired) electrons. The highest BCUT2D eigenvalue weighted by Gasteiger charge is 2.25. The van der Waals surface area contributed by atoms with Crippen LogP contribution in [0.5, 0.6) is 5.75 Å². The summed E-state index contributed by atoms with van der Waals surface area (Å²) >= 11 is 0. The van der Waals surface area contributed by atoms with E-state index >= 15 is 0 Å². The van der Waals surface area contributed by atoms with E-state index in [0.717, 1.165) is 5.52 Å². The minimum Gasteiger partial charge on any atom is -0.494 e. The number of hydrogen-bond donors (Lipinski definition) is 1. The molecule has 0 saturated carbocycles. The number of nitrogens with one attached hydrogen (secondary N) is 1. The number of nitro groups is 1. The van der Waals surface area contributed by atoms with Crippen LogP contribution in [0.4, 0.5) is 11.4 Å². The number of nitrogens with zero attached hydrogens (tertiary/aromatic N) is 2. The third-order valence-corrected chi connectivity index (χ3v) is 4.48. The van der Waals surface area contributed by atoms with Crippen LogP contribution in [0.3, 0.4) is 0 Å². The molecule has 0 saturated heterocycles. The number of aryl methyl sites for hydroxylation is 1. The van der Waals surface area contributed by atoms with E-state index < -0.39 is 16.6 Å². The van der Waals surface area contributed by atoms with Gasteiger partial charge >= 0.3 is 0 Å². The molecule has 0 aliphatic carbocycles. The number of nitro benzene ring substituents is 1. The van der Waals surface area contributed by atoms with Gasteiger partial charge in [0.2, 0.25) is 0 Å². The van der Waals surface area contributed by atoms with E-state index in [4.69, 9.17) is 4.74 Å². The Hall–Kier alpha value is -3.68. The smallest absolute Gasteiger partial charge is 0.296 e. The van der Waals surface area contributed by atoms with Crippen LogP contribution in [-0.4, -0.2) is 28.3 Å². The summed E-state index contributed by atoms with van der Waals surface area (Å²) in [5.74, 6) is -1.44. The van der Waals surface area contributed by atoms with Crippen LogP contribution < -0.4 is 10.1 Å². The number of Topliss-reactive ketones (excluding diaryl/α,β-unsaturated/α-hetero) is 1. The Morgan fingerprint density at radius 3 is 2.56 bits per heavy atom. The average molecular weight is 367 g/mol. The highest BCUT2D eigenvalue weighted by Crippen LogP contribution is 2.30. The summed E-state index contributed by atoms with van der Waals surface area (Å²) in [6.07, 6.45) is 0. The normalized spacial score (nSPS) is 10.6. The molecule has 1 aromatic heterocycles. The molecule has 8 nitrogen and oxygen atoms in total. The zero-order valence-electron chi connectivity index (χ0n) is 15.0. The molecular formula is C19H17N3O5. The van der Waals surface area contributed by atoms with Gasteiger partial charge in [0.25, 0.3) is 17.4 Å². The molecule has 0 atom stereocenters. The molecule has 138 valence electrons. The Morgan fingerprint density at radius 1 is 1.19 bits per heavy atom. The molecular weight excluding hydrogens is 350 g/mol. The van der Waals surface area contributed by atoms with Gasteiger partial charge in [-0.15, -0.1) is 0 Å². The number of anilines is 1. The summed E-state index contributed by atoms with van der Waals surface area (Å²) in [5.41, 5.74) is 1.85. The fourth-order valence-electron chi connectivity index (χ4n) is 3.00. The van der Waals surface area contributed by atoms with Crippen LogP contribution in [0.1, 0.15) is 16.1 Å². The van der Waals surface area contributed by atoms with Gasteiger partial charge in [0.1, 0.15) is 5.75 Å². The van der Waals surface area contributed by atoms with Gasteiger partial charge in [-0.05, 0) is 19.1 Å². The average Bonchev–Trinajstić information content (AvgIpc) is 2.92. The number of para-hydroxylation sites is 1. The Bertz CT molecular complexity index is 1080. The van der Waals surface area contributed by atoms with Gasteiger partial charge in [-0.3, -0.25) is 19.7 Å². The van der Waals surface area contributed by atoms with Crippen molar-refractivity contribution in [2.45, 2.75) is 6.92 Å². The van der Waals surface area contributed by atoms with Crippen LogP contribution in [0.25, 0.3) is 10.9 Å². The first-order valence-electron chi connectivity index (χ1n) is 8.07. The van der Waals surface area contributed by atoms with Gasteiger partial charge in [0.15, 0.2) is 0 Å². The summed E-state index contributed by atoms with van der Waals surface area (Å²) in [6.45, 7) is 1.77. The second kappa shape index (κ2) is 6.91. The van der Waals surface area contributed by atoms with Gasteiger partial charge < -0.3 is 14.6 Å². The minimum absolute atomic E-state index is 0.0972. The van der Waals surface area contributed by atoms with Crippen LogP contribution in [0, 0.1) is 17.0 Å². The molecule has 0 unspecified atom stereocenters. The molecule has 0 spiro atoms. The van der Waals surface area contributed by atoms with Crippen molar-refractivity contribution in [1.29, 1.82) is 0 Å². The number of methoxy groups -OCH3 is 1. The number of ether oxygens (including phenoxy) is 1. The molecule has 8 heteroatoms. The summed E-state index contributed by atoms with van der Waals surface area (Å²) in [6, 6.07) is 11.1. The zero-order valence-corrected chi connectivity index (χ0v) is 15.0. The van der Waals surface area contributed by atoms with Crippen molar-refractivity contribution in [3.8, 4) is 5.75 Å². The standard InChI is InChI=1S/C19H17N3O5/c1-11-17(13-6-4-5-7-15(13)21(11)2)18(23)19(24)20-14-9-8-12(22(25)26)10-16(14)27-3/h4-10H,1-3H3,(H,20,24). The Labute approximate surface area is 154 Å². The van der Waals surface area contributed by atoms with Gasteiger partial charge in [-0.25, -0.2) is 0 Å². The number of benzene rings is 2. The van der Waals surface area contributed by atoms with Crippen LogP contribution in [-0.2, 0) is 11.8 Å². The van der Waals surface area contributed by atoms with E-state index in [-0.39, 0.29) is 17.1 Å². The van der Waals surface area contributed by atoms with Crippen molar-refractivity contribution >= 4 is 34.0 Å². The third-order valence-electron chi connectivity index (χ3n) is 4.48. The SMILES string of the molecule is COc1cc([N+](=O)[O-])ccc1NC(=O)C(=O)c1c(C)n(C)c2ccccc12. The Morgan fingerprint density at radius 2 is 1.89 bits per heavy atom. The number of ketones is 1. The number of aromatic nitrogens is 1. The predicted octanol–water partition coefficient (Wildman–Crippen LogP) is 3.22. The molecule has 0 bridgehead atoms. The molecule has 0 fully saturated rings. The predicted molar refractivity (Wildman–Crippen MR) is 100 cm³/mol. The summed E-state index contributed by atoms with van der Waals surface area (Å²) in [4.78, 5) is 35.6. The summed E-state index contributed by atoms with van der Waals surface area (Å²) in [7, 11) is 3.15. The molecule has 27 heavy (non-hydrogen) atoms. The van der Waals surface area contributed by atoms with Crippen molar-refractivity contribution in [1.82, 2.24) is 4.57 Å². The van der Waals surface area contributed by atoms with Gasteiger partial charge in [0.05, 0.1) is 29.4 Å². The monoisotopic (exact) mass is 367 g/mol. The first-order valence-corrected chi connectivity index (χ1v) is 8.07. The van der Waals surface area contributed by atoms with E-state index in [2.05, 4.69) is 5.32 Å². The molecule has 0 aliphatic heterocycles.